The van der Waals surface area contributed by atoms with Gasteiger partial charge >= 0.3 is 12.1 Å². The van der Waals surface area contributed by atoms with Gasteiger partial charge in [0.1, 0.15) is 11.7 Å². The SMILES string of the molecule is CC(C)(C)OC(=O)CC(OC(=O)NN)c1ccccc1. The first-order valence-electron chi connectivity index (χ1n) is 6.26. The Morgan fingerprint density at radius 2 is 1.85 bits per heavy atom. The highest BCUT2D eigenvalue weighted by atomic mass is 16.6. The van der Waals surface area contributed by atoms with Crippen LogP contribution in [0.15, 0.2) is 30.3 Å². The Labute approximate surface area is 118 Å². The van der Waals surface area contributed by atoms with Crippen molar-refractivity contribution in [3.05, 3.63) is 35.9 Å². The van der Waals surface area contributed by atoms with Crippen LogP contribution in [-0.4, -0.2) is 17.7 Å². The van der Waals surface area contributed by atoms with Crippen LogP contribution in [0.5, 0.6) is 0 Å². The molecule has 0 saturated carbocycles. The summed E-state index contributed by atoms with van der Waals surface area (Å²) in [7, 11) is 0. The molecule has 1 rings (SSSR count). The molecule has 0 aromatic heterocycles. The first kappa shape index (κ1) is 16.0. The molecular weight excluding hydrogens is 260 g/mol. The molecule has 1 unspecified atom stereocenters. The maximum absolute atomic E-state index is 11.8. The van der Waals surface area contributed by atoms with Gasteiger partial charge in [0.2, 0.25) is 0 Å². The highest BCUT2D eigenvalue weighted by molar-refractivity contribution is 5.72. The molecule has 0 radical (unpaired) electrons. The molecule has 0 aliphatic heterocycles. The zero-order valence-corrected chi connectivity index (χ0v) is 11.9. The van der Waals surface area contributed by atoms with E-state index in [1.807, 2.05) is 11.5 Å². The summed E-state index contributed by atoms with van der Waals surface area (Å²) in [5.41, 5.74) is 1.98. The van der Waals surface area contributed by atoms with E-state index in [-0.39, 0.29) is 6.42 Å². The lowest BCUT2D eigenvalue weighted by Crippen LogP contribution is -2.33. The predicted molar refractivity (Wildman–Crippen MR) is 73.4 cm³/mol. The zero-order chi connectivity index (χ0) is 15.2. The van der Waals surface area contributed by atoms with Crippen molar-refractivity contribution in [2.45, 2.75) is 38.9 Å². The summed E-state index contributed by atoms with van der Waals surface area (Å²) in [5, 5.41) is 0. The predicted octanol–water partition coefficient (Wildman–Crippen LogP) is 2.06. The topological polar surface area (TPSA) is 90.6 Å². The number of nitrogens with two attached hydrogens (primary N) is 1. The van der Waals surface area contributed by atoms with E-state index < -0.39 is 23.8 Å². The molecular formula is C14H20N2O4. The van der Waals surface area contributed by atoms with Crippen molar-refractivity contribution in [2.24, 2.45) is 5.84 Å². The molecule has 0 heterocycles. The van der Waals surface area contributed by atoms with Gasteiger partial charge in [-0.25, -0.2) is 10.6 Å². The van der Waals surface area contributed by atoms with E-state index in [1.165, 1.54) is 0 Å². The molecule has 0 saturated heterocycles. The third-order valence-electron chi connectivity index (χ3n) is 2.31. The average molecular weight is 280 g/mol. The van der Waals surface area contributed by atoms with Gasteiger partial charge in [0.15, 0.2) is 0 Å². The van der Waals surface area contributed by atoms with Gasteiger partial charge in [-0.2, -0.15) is 0 Å². The summed E-state index contributed by atoms with van der Waals surface area (Å²) in [5.74, 6) is 4.54. The first-order chi connectivity index (χ1) is 9.31. The van der Waals surface area contributed by atoms with E-state index in [0.717, 1.165) is 0 Å². The summed E-state index contributed by atoms with van der Waals surface area (Å²) >= 11 is 0. The number of nitrogens with one attached hydrogen (secondary N) is 1. The van der Waals surface area contributed by atoms with Gasteiger partial charge in [0, 0.05) is 0 Å². The van der Waals surface area contributed by atoms with Crippen LogP contribution in [0.3, 0.4) is 0 Å². The highest BCUT2D eigenvalue weighted by Crippen LogP contribution is 2.23. The van der Waals surface area contributed by atoms with E-state index >= 15 is 0 Å². The lowest BCUT2D eigenvalue weighted by molar-refractivity contribution is -0.157. The molecule has 0 spiro atoms. The molecule has 1 atom stereocenters. The van der Waals surface area contributed by atoms with E-state index in [4.69, 9.17) is 15.3 Å². The Balaban J connectivity index is 2.78. The molecule has 6 nitrogen and oxygen atoms in total. The van der Waals surface area contributed by atoms with Crippen LogP contribution >= 0.6 is 0 Å². The summed E-state index contributed by atoms with van der Waals surface area (Å²) < 4.78 is 10.3. The molecule has 0 aliphatic rings. The van der Waals surface area contributed by atoms with Gasteiger partial charge in [-0.15, -0.1) is 0 Å². The lowest BCUT2D eigenvalue weighted by Gasteiger charge is -2.22. The normalized spacial score (nSPS) is 12.4. The Morgan fingerprint density at radius 1 is 1.25 bits per heavy atom. The van der Waals surface area contributed by atoms with E-state index in [2.05, 4.69) is 0 Å². The molecule has 110 valence electrons. The quantitative estimate of drug-likeness (QED) is 0.381. The van der Waals surface area contributed by atoms with Crippen molar-refractivity contribution < 1.29 is 19.1 Å². The van der Waals surface area contributed by atoms with Crippen LogP contribution in [0.1, 0.15) is 38.9 Å². The van der Waals surface area contributed by atoms with E-state index in [1.54, 1.807) is 45.0 Å². The van der Waals surface area contributed by atoms with Crippen molar-refractivity contribution >= 4 is 12.1 Å². The number of carbonyl (C=O) groups is 2. The Kier molecular flexibility index (Phi) is 5.52. The van der Waals surface area contributed by atoms with Crippen LogP contribution in [0.4, 0.5) is 4.79 Å². The number of hydrogen-bond donors (Lipinski definition) is 2. The van der Waals surface area contributed by atoms with Crippen LogP contribution < -0.4 is 11.3 Å². The number of hydrogen-bond acceptors (Lipinski definition) is 5. The number of hydrazine groups is 1. The molecule has 20 heavy (non-hydrogen) atoms. The Hall–Kier alpha value is -2.08. The summed E-state index contributed by atoms with van der Waals surface area (Å²) in [6.07, 6.45) is -1.62. The van der Waals surface area contributed by atoms with Crippen LogP contribution in [0.25, 0.3) is 0 Å². The fourth-order valence-corrected chi connectivity index (χ4v) is 1.59. The van der Waals surface area contributed by atoms with E-state index in [0.29, 0.717) is 5.56 Å². The van der Waals surface area contributed by atoms with Gasteiger partial charge in [0.05, 0.1) is 6.42 Å². The van der Waals surface area contributed by atoms with Crippen molar-refractivity contribution in [3.63, 3.8) is 0 Å². The Bertz CT molecular complexity index is 454. The molecule has 1 aromatic rings. The highest BCUT2D eigenvalue weighted by Gasteiger charge is 2.24. The number of rotatable bonds is 4. The molecule has 3 N–H and O–H groups in total. The third kappa shape index (κ3) is 5.71. The minimum Gasteiger partial charge on any atom is -0.460 e. The average Bonchev–Trinajstić information content (AvgIpc) is 2.36. The largest absolute Gasteiger partial charge is 0.460 e. The Morgan fingerprint density at radius 3 is 2.35 bits per heavy atom. The molecule has 1 amide bonds. The van der Waals surface area contributed by atoms with Crippen LogP contribution in [0, 0.1) is 0 Å². The van der Waals surface area contributed by atoms with Gasteiger partial charge in [-0.05, 0) is 26.3 Å². The standard InChI is InChI=1S/C14H20N2O4/c1-14(2,3)20-12(17)9-11(19-13(18)16-15)10-7-5-4-6-8-10/h4-8,11H,9,15H2,1-3H3,(H,16,18). The van der Waals surface area contributed by atoms with Crippen molar-refractivity contribution in [3.8, 4) is 0 Å². The zero-order valence-electron chi connectivity index (χ0n) is 11.9. The number of esters is 1. The minimum atomic E-state index is -0.803. The smallest absolute Gasteiger partial charge is 0.422 e. The van der Waals surface area contributed by atoms with Gasteiger partial charge < -0.3 is 9.47 Å². The second-order valence-electron chi connectivity index (χ2n) is 5.24. The fraction of sp³-hybridized carbons (Fsp3) is 0.429. The summed E-state index contributed by atoms with van der Waals surface area (Å²) in [6, 6.07) is 8.94. The number of amides is 1. The maximum Gasteiger partial charge on any atom is 0.422 e. The second-order valence-corrected chi connectivity index (χ2v) is 5.24. The number of ether oxygens (including phenoxy) is 2. The number of benzene rings is 1. The van der Waals surface area contributed by atoms with Crippen molar-refractivity contribution in [1.29, 1.82) is 0 Å². The third-order valence-corrected chi connectivity index (χ3v) is 2.31. The first-order valence-corrected chi connectivity index (χ1v) is 6.26. The lowest BCUT2D eigenvalue weighted by atomic mass is 10.1. The van der Waals surface area contributed by atoms with Crippen LogP contribution in [-0.2, 0) is 14.3 Å². The molecule has 0 fully saturated rings. The summed E-state index contributed by atoms with van der Waals surface area (Å²) in [6.45, 7) is 5.32. The van der Waals surface area contributed by atoms with E-state index in [9.17, 15) is 9.59 Å². The maximum atomic E-state index is 11.8. The molecule has 0 bridgehead atoms. The molecule has 0 aliphatic carbocycles. The second kappa shape index (κ2) is 6.91. The minimum absolute atomic E-state index is 0.0747. The van der Waals surface area contributed by atoms with Crippen LogP contribution in [0.2, 0.25) is 0 Å². The molecule has 1 aromatic carbocycles. The van der Waals surface area contributed by atoms with Gasteiger partial charge in [0.25, 0.3) is 0 Å². The molecule has 6 heteroatoms. The number of carbonyl (C=O) groups excluding carboxylic acids is 2. The fourth-order valence-electron chi connectivity index (χ4n) is 1.59. The van der Waals surface area contributed by atoms with Crippen molar-refractivity contribution in [1.82, 2.24) is 5.43 Å². The van der Waals surface area contributed by atoms with Crippen molar-refractivity contribution in [2.75, 3.05) is 0 Å². The monoisotopic (exact) mass is 280 g/mol. The summed E-state index contributed by atoms with van der Waals surface area (Å²) in [4.78, 5) is 23.1. The van der Waals surface area contributed by atoms with Gasteiger partial charge in [-0.1, -0.05) is 30.3 Å². The van der Waals surface area contributed by atoms with Gasteiger partial charge in [-0.3, -0.25) is 10.2 Å².